The molecule has 0 radical (unpaired) electrons. The van der Waals surface area contributed by atoms with Crippen molar-refractivity contribution >= 4 is 23.6 Å². The third kappa shape index (κ3) is 3.79. The Bertz CT molecular complexity index is 549. The minimum Gasteiger partial charge on any atom is -0.496 e. The van der Waals surface area contributed by atoms with Crippen molar-refractivity contribution in [1.82, 2.24) is 0 Å². The first-order valence-electron chi connectivity index (χ1n) is 6.56. The number of methoxy groups -OCH3 is 3. The van der Waals surface area contributed by atoms with E-state index >= 15 is 0 Å². The molecular weight excluding hydrogens is 314 g/mol. The van der Waals surface area contributed by atoms with E-state index in [1.807, 2.05) is 0 Å². The molecule has 0 aliphatic rings. The molecule has 0 aromatic heterocycles. The summed E-state index contributed by atoms with van der Waals surface area (Å²) in [6.07, 6.45) is 2.18. The fourth-order valence-corrected chi connectivity index (χ4v) is 2.50. The fraction of sp³-hybridized carbons (Fsp3) is 0.500. The van der Waals surface area contributed by atoms with Crippen LogP contribution in [0.1, 0.15) is 30.2 Å². The SMILES string of the molecule is COc1cc(OC)c([N+](=O)[O-])c(OC)c1C(Cl)CCCC=O. The van der Waals surface area contributed by atoms with Crippen LogP contribution in [0.4, 0.5) is 5.69 Å². The van der Waals surface area contributed by atoms with E-state index in [0.717, 1.165) is 6.29 Å². The van der Waals surface area contributed by atoms with Crippen LogP contribution in [0, 0.1) is 10.1 Å². The molecule has 122 valence electrons. The van der Waals surface area contributed by atoms with E-state index in [0.29, 0.717) is 30.6 Å². The molecular formula is C14H18ClNO6. The molecule has 22 heavy (non-hydrogen) atoms. The highest BCUT2D eigenvalue weighted by Crippen LogP contribution is 2.49. The second-order valence-corrected chi connectivity index (χ2v) is 4.93. The summed E-state index contributed by atoms with van der Waals surface area (Å²) in [5.74, 6) is 0.372. The van der Waals surface area contributed by atoms with Crippen LogP contribution in [0.3, 0.4) is 0 Å². The zero-order chi connectivity index (χ0) is 16.7. The molecule has 0 saturated carbocycles. The van der Waals surface area contributed by atoms with Crippen molar-refractivity contribution in [3.63, 3.8) is 0 Å². The van der Waals surface area contributed by atoms with Gasteiger partial charge in [-0.25, -0.2) is 0 Å². The van der Waals surface area contributed by atoms with E-state index in [2.05, 4.69) is 0 Å². The van der Waals surface area contributed by atoms with Gasteiger partial charge in [-0.1, -0.05) is 0 Å². The highest BCUT2D eigenvalue weighted by molar-refractivity contribution is 6.21. The van der Waals surface area contributed by atoms with Crippen LogP contribution in [0.5, 0.6) is 17.2 Å². The zero-order valence-electron chi connectivity index (χ0n) is 12.6. The van der Waals surface area contributed by atoms with Crippen LogP contribution < -0.4 is 14.2 Å². The summed E-state index contributed by atoms with van der Waals surface area (Å²) in [5, 5.41) is 10.7. The number of hydrogen-bond donors (Lipinski definition) is 0. The number of alkyl halides is 1. The maximum absolute atomic E-state index is 11.3. The third-order valence-electron chi connectivity index (χ3n) is 3.14. The minimum absolute atomic E-state index is 0.00676. The summed E-state index contributed by atoms with van der Waals surface area (Å²) in [4.78, 5) is 21.1. The number of unbranched alkanes of at least 4 members (excludes halogenated alkanes) is 1. The molecule has 1 unspecified atom stereocenters. The number of nitro groups is 1. The number of ether oxygens (including phenoxy) is 3. The number of hydrogen-bond acceptors (Lipinski definition) is 6. The van der Waals surface area contributed by atoms with Gasteiger partial charge in [0.05, 0.1) is 37.2 Å². The first kappa shape index (κ1) is 18.0. The van der Waals surface area contributed by atoms with Crippen molar-refractivity contribution in [1.29, 1.82) is 0 Å². The largest absolute Gasteiger partial charge is 0.496 e. The summed E-state index contributed by atoms with van der Waals surface area (Å²) in [5.41, 5.74) is 0.0758. The molecule has 1 aromatic rings. The number of nitro benzene ring substituents is 1. The van der Waals surface area contributed by atoms with E-state index in [1.54, 1.807) is 0 Å². The van der Waals surface area contributed by atoms with Gasteiger partial charge in [0.1, 0.15) is 12.0 Å². The number of carbonyl (C=O) groups excluding carboxylic acids is 1. The fourth-order valence-electron chi connectivity index (χ4n) is 2.14. The van der Waals surface area contributed by atoms with Crippen molar-refractivity contribution in [2.45, 2.75) is 24.6 Å². The van der Waals surface area contributed by atoms with E-state index in [1.165, 1.54) is 27.4 Å². The lowest BCUT2D eigenvalue weighted by Gasteiger charge is -2.18. The lowest BCUT2D eigenvalue weighted by atomic mass is 10.0. The van der Waals surface area contributed by atoms with Gasteiger partial charge in [0, 0.05) is 12.5 Å². The van der Waals surface area contributed by atoms with Gasteiger partial charge in [0.15, 0.2) is 0 Å². The molecule has 1 aromatic carbocycles. The van der Waals surface area contributed by atoms with Crippen LogP contribution in [-0.4, -0.2) is 32.5 Å². The van der Waals surface area contributed by atoms with Gasteiger partial charge < -0.3 is 19.0 Å². The van der Waals surface area contributed by atoms with E-state index in [9.17, 15) is 14.9 Å². The normalized spacial score (nSPS) is 11.6. The van der Waals surface area contributed by atoms with Crippen molar-refractivity contribution in [3.05, 3.63) is 21.7 Å². The number of rotatable bonds is 9. The first-order valence-corrected chi connectivity index (χ1v) is 7.00. The summed E-state index contributed by atoms with van der Waals surface area (Å²) >= 11 is 6.34. The van der Waals surface area contributed by atoms with Gasteiger partial charge >= 0.3 is 5.69 Å². The third-order valence-corrected chi connectivity index (χ3v) is 3.58. The van der Waals surface area contributed by atoms with Crippen LogP contribution in [0.25, 0.3) is 0 Å². The Kier molecular flexibility index (Phi) is 6.91. The number of benzene rings is 1. The summed E-state index contributed by atoms with van der Waals surface area (Å²) < 4.78 is 15.5. The van der Waals surface area contributed by atoms with Gasteiger partial charge in [0.25, 0.3) is 0 Å². The van der Waals surface area contributed by atoms with Gasteiger partial charge in [0.2, 0.25) is 11.5 Å². The van der Waals surface area contributed by atoms with Crippen LogP contribution >= 0.6 is 11.6 Å². The van der Waals surface area contributed by atoms with Gasteiger partial charge in [-0.15, -0.1) is 11.6 Å². The lowest BCUT2D eigenvalue weighted by molar-refractivity contribution is -0.386. The Labute approximate surface area is 133 Å². The Morgan fingerprint density at radius 3 is 2.36 bits per heavy atom. The van der Waals surface area contributed by atoms with Crippen LogP contribution in [-0.2, 0) is 4.79 Å². The molecule has 0 bridgehead atoms. The summed E-state index contributed by atoms with van der Waals surface area (Å²) in [7, 11) is 4.07. The molecule has 1 rings (SSSR count). The highest BCUT2D eigenvalue weighted by Gasteiger charge is 2.31. The maximum atomic E-state index is 11.3. The van der Waals surface area contributed by atoms with Gasteiger partial charge in [-0.2, -0.15) is 0 Å². The van der Waals surface area contributed by atoms with Crippen molar-refractivity contribution in [2.75, 3.05) is 21.3 Å². The van der Waals surface area contributed by atoms with Gasteiger partial charge in [-0.05, 0) is 12.8 Å². The van der Waals surface area contributed by atoms with Crippen molar-refractivity contribution in [2.24, 2.45) is 0 Å². The molecule has 0 aliphatic carbocycles. The van der Waals surface area contributed by atoms with Gasteiger partial charge in [-0.3, -0.25) is 10.1 Å². The molecule has 0 spiro atoms. The van der Waals surface area contributed by atoms with Crippen molar-refractivity contribution in [3.8, 4) is 17.2 Å². The molecule has 0 aliphatic heterocycles. The van der Waals surface area contributed by atoms with Crippen molar-refractivity contribution < 1.29 is 23.9 Å². The molecule has 0 saturated heterocycles. The number of nitrogens with zero attached hydrogens (tertiary/aromatic N) is 1. The quantitative estimate of drug-likeness (QED) is 0.227. The lowest BCUT2D eigenvalue weighted by Crippen LogP contribution is -2.05. The summed E-state index contributed by atoms with van der Waals surface area (Å²) in [6.45, 7) is 0. The highest BCUT2D eigenvalue weighted by atomic mass is 35.5. The average Bonchev–Trinajstić information content (AvgIpc) is 2.52. The Hall–Kier alpha value is -2.02. The predicted molar refractivity (Wildman–Crippen MR) is 81.3 cm³/mol. The van der Waals surface area contributed by atoms with Crippen LogP contribution in [0.2, 0.25) is 0 Å². The predicted octanol–water partition coefficient (Wildman–Crippen LogP) is 3.27. The zero-order valence-corrected chi connectivity index (χ0v) is 13.4. The topological polar surface area (TPSA) is 87.9 Å². The van der Waals surface area contributed by atoms with E-state index in [4.69, 9.17) is 25.8 Å². The molecule has 0 N–H and O–H groups in total. The molecule has 0 fully saturated rings. The standard InChI is InChI=1S/C14H18ClNO6/c1-20-10-8-11(21-2)13(16(18)19)14(22-3)12(10)9(15)6-4-5-7-17/h7-9H,4-6H2,1-3H3. The molecule has 0 heterocycles. The minimum atomic E-state index is -0.588. The monoisotopic (exact) mass is 331 g/mol. The smallest absolute Gasteiger partial charge is 0.352 e. The first-order chi connectivity index (χ1) is 10.5. The Morgan fingerprint density at radius 2 is 1.91 bits per heavy atom. The molecule has 0 amide bonds. The average molecular weight is 332 g/mol. The van der Waals surface area contributed by atoms with E-state index < -0.39 is 10.3 Å². The molecule has 7 nitrogen and oxygen atoms in total. The Morgan fingerprint density at radius 1 is 1.27 bits per heavy atom. The maximum Gasteiger partial charge on any atom is 0.352 e. The van der Waals surface area contributed by atoms with Crippen LogP contribution in [0.15, 0.2) is 6.07 Å². The second-order valence-electron chi connectivity index (χ2n) is 4.40. The second kappa shape index (κ2) is 8.43. The molecule has 8 heteroatoms. The summed E-state index contributed by atoms with van der Waals surface area (Å²) in [6, 6.07) is 1.41. The number of aldehydes is 1. The van der Waals surface area contributed by atoms with E-state index in [-0.39, 0.29) is 17.2 Å². The number of halogens is 1. The Balaban J connectivity index is 3.42. The number of carbonyl (C=O) groups is 1. The molecule has 1 atom stereocenters.